The molecule has 0 aromatic carbocycles. The Labute approximate surface area is 188 Å². The third kappa shape index (κ3) is 3.09. The van der Waals surface area contributed by atoms with Crippen LogP contribution in [-0.2, 0) is 19.1 Å². The smallest absolute Gasteiger partial charge is 0.305 e. The van der Waals surface area contributed by atoms with E-state index >= 15 is 0 Å². The molecular formula is C27H42O4. The standard InChI is InChI=1S/C27H42O4/c1-6-16-23-25-20(31-25)12-14-27(23,4)19-11-13-26(3)17(15(2)7-10-21(28)30-5)8-9-18(26)22(19)24(16)29/h15-20,22-23,25H,6-14H2,1-5H3/t15-,16-,17-,18?,19?,20+,22?,23-,25+,26-,27-/m1/s1. The predicted molar refractivity (Wildman–Crippen MR) is 119 cm³/mol. The fourth-order valence-electron chi connectivity index (χ4n) is 9.60. The Morgan fingerprint density at radius 3 is 2.55 bits per heavy atom. The number of esters is 1. The van der Waals surface area contributed by atoms with Crippen molar-refractivity contribution in [2.75, 3.05) is 7.11 Å². The lowest BCUT2D eigenvalue weighted by Crippen LogP contribution is -2.61. The van der Waals surface area contributed by atoms with Crippen molar-refractivity contribution in [2.24, 2.45) is 52.3 Å². The molecular weight excluding hydrogens is 388 g/mol. The summed E-state index contributed by atoms with van der Waals surface area (Å²) in [6, 6.07) is 0. The number of ether oxygens (including phenoxy) is 2. The SMILES string of the molecule is CC[C@H]1C(=O)C2C3CC[C@H]([C@H](C)CCC(=O)OC)[C@@]3(C)CCC2[C@@]2(C)CC[C@@H]3O[C@@H]3[C@@H]12. The first kappa shape index (κ1) is 21.9. The Hall–Kier alpha value is -0.900. The van der Waals surface area contributed by atoms with Crippen LogP contribution >= 0.6 is 0 Å². The van der Waals surface area contributed by atoms with Gasteiger partial charge in [0.2, 0.25) is 0 Å². The second kappa shape index (κ2) is 7.57. The van der Waals surface area contributed by atoms with Crippen molar-refractivity contribution in [1.29, 1.82) is 0 Å². The van der Waals surface area contributed by atoms with Crippen molar-refractivity contribution >= 4 is 11.8 Å². The zero-order chi connectivity index (χ0) is 22.1. The van der Waals surface area contributed by atoms with Crippen LogP contribution < -0.4 is 0 Å². The van der Waals surface area contributed by atoms with Crippen LogP contribution in [0.25, 0.3) is 0 Å². The average molecular weight is 431 g/mol. The molecule has 0 aromatic heterocycles. The Morgan fingerprint density at radius 2 is 1.84 bits per heavy atom. The lowest BCUT2D eigenvalue weighted by molar-refractivity contribution is -0.167. The Bertz CT molecular complexity index is 748. The first-order valence-electron chi connectivity index (χ1n) is 13.0. The van der Waals surface area contributed by atoms with Crippen LogP contribution in [-0.4, -0.2) is 31.1 Å². The summed E-state index contributed by atoms with van der Waals surface area (Å²) in [6.07, 6.45) is 10.5. The Balaban J connectivity index is 1.41. The first-order valence-corrected chi connectivity index (χ1v) is 13.0. The molecule has 3 unspecified atom stereocenters. The number of ketones is 1. The van der Waals surface area contributed by atoms with Crippen LogP contribution in [0.4, 0.5) is 0 Å². The van der Waals surface area contributed by atoms with Gasteiger partial charge in [0.05, 0.1) is 19.3 Å². The van der Waals surface area contributed by atoms with E-state index in [1.807, 2.05) is 0 Å². The van der Waals surface area contributed by atoms with Crippen LogP contribution in [0.1, 0.15) is 85.5 Å². The molecule has 4 heteroatoms. The topological polar surface area (TPSA) is 55.9 Å². The number of carbonyl (C=O) groups excluding carboxylic acids is 2. The minimum atomic E-state index is -0.0969. The molecule has 5 aliphatic rings. The predicted octanol–water partition coefficient (Wildman–Crippen LogP) is 5.43. The number of Topliss-reactive ketones (excluding diaryl/α,β-unsaturated/α-hetero) is 1. The summed E-state index contributed by atoms with van der Waals surface area (Å²) in [5.74, 6) is 3.57. The van der Waals surface area contributed by atoms with Gasteiger partial charge in [-0.25, -0.2) is 0 Å². The van der Waals surface area contributed by atoms with Gasteiger partial charge in [-0.2, -0.15) is 0 Å². The van der Waals surface area contributed by atoms with E-state index in [0.717, 1.165) is 12.8 Å². The molecule has 4 aliphatic carbocycles. The summed E-state index contributed by atoms with van der Waals surface area (Å²) in [5.41, 5.74) is 0.508. The van der Waals surface area contributed by atoms with E-state index in [9.17, 15) is 9.59 Å². The highest BCUT2D eigenvalue weighted by Crippen LogP contribution is 2.70. The fourth-order valence-corrected chi connectivity index (χ4v) is 9.60. The van der Waals surface area contributed by atoms with Crippen molar-refractivity contribution in [3.63, 3.8) is 0 Å². The van der Waals surface area contributed by atoms with Gasteiger partial charge in [-0.15, -0.1) is 0 Å². The van der Waals surface area contributed by atoms with Gasteiger partial charge in [-0.3, -0.25) is 9.59 Å². The van der Waals surface area contributed by atoms with Gasteiger partial charge in [0.15, 0.2) is 0 Å². The number of epoxide rings is 1. The van der Waals surface area contributed by atoms with Crippen molar-refractivity contribution in [1.82, 2.24) is 0 Å². The first-order chi connectivity index (χ1) is 14.8. The summed E-state index contributed by atoms with van der Waals surface area (Å²) in [4.78, 5) is 25.8. The Kier molecular flexibility index (Phi) is 5.35. The number of carbonyl (C=O) groups is 2. The molecule has 0 spiro atoms. The number of rotatable bonds is 5. The number of fused-ring (bicyclic) bond motifs is 7. The van der Waals surface area contributed by atoms with Crippen LogP contribution in [0.2, 0.25) is 0 Å². The number of methoxy groups -OCH3 is 1. The third-order valence-corrected chi connectivity index (χ3v) is 11.2. The van der Waals surface area contributed by atoms with Gasteiger partial charge in [-0.05, 0) is 85.9 Å². The molecule has 0 bridgehead atoms. The van der Waals surface area contributed by atoms with Gasteiger partial charge in [-0.1, -0.05) is 27.7 Å². The van der Waals surface area contributed by atoms with E-state index in [2.05, 4.69) is 27.7 Å². The monoisotopic (exact) mass is 430 g/mol. The normalized spacial score (nSPS) is 51.2. The van der Waals surface area contributed by atoms with E-state index in [-0.39, 0.29) is 28.6 Å². The van der Waals surface area contributed by atoms with Crippen LogP contribution in [0, 0.1) is 52.3 Å². The summed E-state index contributed by atoms with van der Waals surface area (Å²) >= 11 is 0. The molecule has 5 rings (SSSR count). The van der Waals surface area contributed by atoms with Gasteiger partial charge in [0.1, 0.15) is 5.78 Å². The summed E-state index contributed by atoms with van der Waals surface area (Å²) < 4.78 is 11.0. The average Bonchev–Trinajstić information content (AvgIpc) is 3.45. The highest BCUT2D eigenvalue weighted by atomic mass is 16.6. The largest absolute Gasteiger partial charge is 0.469 e. The molecule has 31 heavy (non-hydrogen) atoms. The third-order valence-electron chi connectivity index (χ3n) is 11.2. The maximum atomic E-state index is 14.1. The molecule has 174 valence electrons. The second-order valence-corrected chi connectivity index (χ2v) is 12.2. The van der Waals surface area contributed by atoms with E-state index in [0.29, 0.717) is 54.0 Å². The molecule has 4 nitrogen and oxygen atoms in total. The highest BCUT2D eigenvalue weighted by molar-refractivity contribution is 5.86. The van der Waals surface area contributed by atoms with Gasteiger partial charge < -0.3 is 9.47 Å². The summed E-state index contributed by atoms with van der Waals surface area (Å²) in [7, 11) is 1.48. The minimum Gasteiger partial charge on any atom is -0.469 e. The van der Waals surface area contributed by atoms with E-state index < -0.39 is 0 Å². The molecule has 0 amide bonds. The molecule has 4 saturated carbocycles. The summed E-state index contributed by atoms with van der Waals surface area (Å²) in [6.45, 7) is 9.57. The lowest BCUT2D eigenvalue weighted by Gasteiger charge is -2.61. The van der Waals surface area contributed by atoms with Crippen molar-refractivity contribution < 1.29 is 19.1 Å². The van der Waals surface area contributed by atoms with E-state index in [1.54, 1.807) is 0 Å². The van der Waals surface area contributed by atoms with E-state index in [4.69, 9.17) is 9.47 Å². The van der Waals surface area contributed by atoms with Crippen LogP contribution in [0.15, 0.2) is 0 Å². The molecule has 5 fully saturated rings. The van der Waals surface area contributed by atoms with Crippen molar-refractivity contribution in [3.05, 3.63) is 0 Å². The molecule has 1 aliphatic heterocycles. The second-order valence-electron chi connectivity index (χ2n) is 12.2. The quantitative estimate of drug-likeness (QED) is 0.431. The molecule has 0 radical (unpaired) electrons. The number of hydrogen-bond acceptors (Lipinski definition) is 4. The Morgan fingerprint density at radius 1 is 1.13 bits per heavy atom. The van der Waals surface area contributed by atoms with Crippen molar-refractivity contribution in [2.45, 2.75) is 97.7 Å². The molecule has 1 heterocycles. The van der Waals surface area contributed by atoms with Gasteiger partial charge >= 0.3 is 5.97 Å². The zero-order valence-corrected chi connectivity index (χ0v) is 20.2. The van der Waals surface area contributed by atoms with Crippen LogP contribution in [0.3, 0.4) is 0 Å². The summed E-state index contributed by atoms with van der Waals surface area (Å²) in [5, 5.41) is 0. The van der Waals surface area contributed by atoms with Crippen molar-refractivity contribution in [3.8, 4) is 0 Å². The highest BCUT2D eigenvalue weighted by Gasteiger charge is 2.69. The van der Waals surface area contributed by atoms with Crippen LogP contribution in [0.5, 0.6) is 0 Å². The zero-order valence-electron chi connectivity index (χ0n) is 20.2. The number of hydrogen-bond donors (Lipinski definition) is 0. The molecule has 11 atom stereocenters. The fraction of sp³-hybridized carbons (Fsp3) is 0.926. The van der Waals surface area contributed by atoms with E-state index in [1.165, 1.54) is 45.6 Å². The van der Waals surface area contributed by atoms with Gasteiger partial charge in [0, 0.05) is 24.2 Å². The lowest BCUT2D eigenvalue weighted by atomic mass is 9.42. The molecule has 1 saturated heterocycles. The van der Waals surface area contributed by atoms with Gasteiger partial charge in [0.25, 0.3) is 0 Å². The molecule has 0 N–H and O–H groups in total. The maximum Gasteiger partial charge on any atom is 0.305 e. The molecule has 0 aromatic rings. The maximum absolute atomic E-state index is 14.1. The minimum absolute atomic E-state index is 0.0969.